The van der Waals surface area contributed by atoms with Gasteiger partial charge in [0.05, 0.1) is 0 Å². The van der Waals surface area contributed by atoms with Crippen molar-refractivity contribution in [1.82, 2.24) is 19.8 Å². The quantitative estimate of drug-likeness (QED) is 0.711. The zero-order chi connectivity index (χ0) is 10.8. The third-order valence-electron chi connectivity index (χ3n) is 2.00. The summed E-state index contributed by atoms with van der Waals surface area (Å²) >= 11 is 0. The molecule has 0 aromatic carbocycles. The fraction of sp³-hybridized carbons (Fsp3) is 0.222. The van der Waals surface area contributed by atoms with Crippen LogP contribution in [0.3, 0.4) is 0 Å². The topological polar surface area (TPSA) is 75.1 Å². The van der Waals surface area contributed by atoms with E-state index in [1.165, 1.54) is 4.52 Å². The largest absolute Gasteiger partial charge is 0.364 e. The Morgan fingerprint density at radius 2 is 2.47 bits per heavy atom. The SMILES string of the molecule is C=CC(C)Nc1ccc2n[nH]c(=O)n2n1. The molecule has 0 fully saturated rings. The molecule has 15 heavy (non-hydrogen) atoms. The number of nitrogens with one attached hydrogen (secondary N) is 2. The van der Waals surface area contributed by atoms with Crippen LogP contribution in [0, 0.1) is 0 Å². The standard InChI is InChI=1S/C9H11N5O/c1-3-6(2)10-7-4-5-8-11-12-9(15)14(8)13-7/h3-6H,1H2,2H3,(H,10,13)(H,12,15). The predicted molar refractivity (Wildman–Crippen MR) is 56.9 cm³/mol. The normalized spacial score (nSPS) is 12.6. The van der Waals surface area contributed by atoms with Crippen LogP contribution in [0.1, 0.15) is 6.92 Å². The van der Waals surface area contributed by atoms with E-state index in [-0.39, 0.29) is 11.7 Å². The first-order valence-electron chi connectivity index (χ1n) is 4.54. The van der Waals surface area contributed by atoms with Gasteiger partial charge in [-0.05, 0) is 19.1 Å². The van der Waals surface area contributed by atoms with Crippen molar-refractivity contribution in [1.29, 1.82) is 0 Å². The second kappa shape index (κ2) is 3.56. The van der Waals surface area contributed by atoms with Crippen molar-refractivity contribution in [3.05, 3.63) is 35.3 Å². The molecule has 0 saturated heterocycles. The zero-order valence-corrected chi connectivity index (χ0v) is 8.27. The minimum absolute atomic E-state index is 0.0950. The maximum atomic E-state index is 11.2. The van der Waals surface area contributed by atoms with Crippen molar-refractivity contribution >= 4 is 11.5 Å². The number of hydrogen-bond donors (Lipinski definition) is 2. The fourth-order valence-electron chi connectivity index (χ4n) is 1.17. The van der Waals surface area contributed by atoms with E-state index in [0.717, 1.165) is 0 Å². The van der Waals surface area contributed by atoms with Crippen LogP contribution in [0.2, 0.25) is 0 Å². The van der Waals surface area contributed by atoms with E-state index >= 15 is 0 Å². The van der Waals surface area contributed by atoms with E-state index in [9.17, 15) is 4.79 Å². The summed E-state index contributed by atoms with van der Waals surface area (Å²) in [5.74, 6) is 0.610. The molecule has 1 atom stereocenters. The van der Waals surface area contributed by atoms with E-state index in [1.54, 1.807) is 18.2 Å². The Labute approximate surface area is 85.6 Å². The summed E-state index contributed by atoms with van der Waals surface area (Å²) < 4.78 is 1.21. The Balaban J connectivity index is 2.41. The van der Waals surface area contributed by atoms with Crippen LogP contribution in [0.25, 0.3) is 5.65 Å². The zero-order valence-electron chi connectivity index (χ0n) is 8.27. The third kappa shape index (κ3) is 1.74. The van der Waals surface area contributed by atoms with Gasteiger partial charge in [0.2, 0.25) is 0 Å². The Morgan fingerprint density at radius 1 is 1.67 bits per heavy atom. The minimum Gasteiger partial charge on any atom is -0.363 e. The van der Waals surface area contributed by atoms with Gasteiger partial charge in [0.25, 0.3) is 0 Å². The highest BCUT2D eigenvalue weighted by molar-refractivity contribution is 5.43. The van der Waals surface area contributed by atoms with Crippen LogP contribution in [0.4, 0.5) is 5.82 Å². The van der Waals surface area contributed by atoms with Crippen LogP contribution in [0.15, 0.2) is 29.6 Å². The molecule has 0 aliphatic rings. The van der Waals surface area contributed by atoms with Gasteiger partial charge in [0.15, 0.2) is 5.65 Å². The number of nitrogens with zero attached hydrogens (tertiary/aromatic N) is 3. The van der Waals surface area contributed by atoms with Crippen molar-refractivity contribution < 1.29 is 0 Å². The highest BCUT2D eigenvalue weighted by atomic mass is 16.2. The molecule has 0 bridgehead atoms. The van der Waals surface area contributed by atoms with Crippen molar-refractivity contribution in [2.24, 2.45) is 0 Å². The van der Waals surface area contributed by atoms with Gasteiger partial charge in [-0.2, -0.15) is 9.61 Å². The Bertz CT molecular complexity index is 541. The summed E-state index contributed by atoms with van der Waals surface area (Å²) in [4.78, 5) is 11.2. The van der Waals surface area contributed by atoms with E-state index in [0.29, 0.717) is 11.5 Å². The van der Waals surface area contributed by atoms with Crippen molar-refractivity contribution in [3.8, 4) is 0 Å². The fourth-order valence-corrected chi connectivity index (χ4v) is 1.17. The average Bonchev–Trinajstić information content (AvgIpc) is 2.60. The van der Waals surface area contributed by atoms with Gasteiger partial charge in [-0.1, -0.05) is 6.08 Å². The molecule has 0 amide bonds. The highest BCUT2D eigenvalue weighted by Gasteiger charge is 2.03. The summed E-state index contributed by atoms with van der Waals surface area (Å²) in [6.45, 7) is 5.59. The number of aromatic nitrogens is 4. The van der Waals surface area contributed by atoms with Crippen LogP contribution in [-0.2, 0) is 0 Å². The molecule has 0 spiro atoms. The number of rotatable bonds is 3. The Hall–Kier alpha value is -2.11. The van der Waals surface area contributed by atoms with Crippen LogP contribution in [0.5, 0.6) is 0 Å². The van der Waals surface area contributed by atoms with Gasteiger partial charge in [-0.3, -0.25) is 0 Å². The van der Waals surface area contributed by atoms with Crippen molar-refractivity contribution in [3.63, 3.8) is 0 Å². The maximum Gasteiger partial charge on any atom is 0.364 e. The molecule has 6 nitrogen and oxygen atoms in total. The minimum atomic E-state index is -0.347. The molecule has 2 aromatic rings. The first kappa shape index (κ1) is 9.45. The molecule has 2 aromatic heterocycles. The maximum absolute atomic E-state index is 11.2. The van der Waals surface area contributed by atoms with Gasteiger partial charge < -0.3 is 5.32 Å². The molecule has 2 heterocycles. The van der Waals surface area contributed by atoms with E-state index in [1.807, 2.05) is 6.92 Å². The molecule has 0 aliphatic carbocycles. The molecule has 0 saturated carbocycles. The monoisotopic (exact) mass is 205 g/mol. The van der Waals surface area contributed by atoms with Crippen LogP contribution >= 0.6 is 0 Å². The van der Waals surface area contributed by atoms with E-state index in [4.69, 9.17) is 0 Å². The second-order valence-electron chi connectivity index (χ2n) is 3.19. The highest BCUT2D eigenvalue weighted by Crippen LogP contribution is 2.04. The molecule has 2 N–H and O–H groups in total. The molecule has 0 radical (unpaired) electrons. The van der Waals surface area contributed by atoms with Gasteiger partial charge in [-0.25, -0.2) is 9.89 Å². The van der Waals surface area contributed by atoms with Crippen LogP contribution in [-0.4, -0.2) is 25.9 Å². The number of fused-ring (bicyclic) bond motifs is 1. The lowest BCUT2D eigenvalue weighted by Gasteiger charge is -2.08. The summed E-state index contributed by atoms with van der Waals surface area (Å²) in [5, 5.41) is 13.2. The first-order chi connectivity index (χ1) is 7.20. The molecule has 6 heteroatoms. The lowest BCUT2D eigenvalue weighted by atomic mass is 10.3. The Kier molecular flexibility index (Phi) is 2.24. The van der Waals surface area contributed by atoms with Gasteiger partial charge in [0, 0.05) is 6.04 Å². The molecular formula is C9H11N5O. The molecule has 2 rings (SSSR count). The smallest absolute Gasteiger partial charge is 0.363 e. The summed E-state index contributed by atoms with van der Waals surface area (Å²) in [5.41, 5.74) is 0.150. The third-order valence-corrected chi connectivity index (χ3v) is 2.00. The number of H-pyrrole nitrogens is 1. The van der Waals surface area contributed by atoms with Gasteiger partial charge in [-0.15, -0.1) is 11.7 Å². The molecular weight excluding hydrogens is 194 g/mol. The van der Waals surface area contributed by atoms with Gasteiger partial charge >= 0.3 is 5.69 Å². The molecule has 0 aliphatic heterocycles. The molecule has 1 unspecified atom stereocenters. The van der Waals surface area contributed by atoms with Gasteiger partial charge in [0.1, 0.15) is 5.82 Å². The van der Waals surface area contributed by atoms with Crippen molar-refractivity contribution in [2.45, 2.75) is 13.0 Å². The lowest BCUT2D eigenvalue weighted by molar-refractivity contribution is 0.863. The number of hydrogen-bond acceptors (Lipinski definition) is 4. The summed E-state index contributed by atoms with van der Waals surface area (Å²) in [6.07, 6.45) is 1.75. The lowest BCUT2D eigenvalue weighted by Crippen LogP contribution is -2.17. The Morgan fingerprint density at radius 3 is 3.20 bits per heavy atom. The van der Waals surface area contributed by atoms with E-state index in [2.05, 4.69) is 27.2 Å². The first-order valence-corrected chi connectivity index (χ1v) is 4.54. The number of anilines is 1. The summed E-state index contributed by atoms with van der Waals surface area (Å²) in [7, 11) is 0. The average molecular weight is 205 g/mol. The van der Waals surface area contributed by atoms with E-state index < -0.39 is 0 Å². The van der Waals surface area contributed by atoms with Crippen LogP contribution < -0.4 is 11.0 Å². The predicted octanol–water partition coefficient (Wildman–Crippen LogP) is 0.404. The molecule has 78 valence electrons. The number of aromatic amines is 1. The summed E-state index contributed by atoms with van der Waals surface area (Å²) in [6, 6.07) is 3.57. The second-order valence-corrected chi connectivity index (χ2v) is 3.19. The van der Waals surface area contributed by atoms with Crippen molar-refractivity contribution in [2.75, 3.05) is 5.32 Å².